The first kappa shape index (κ1) is 16.9. The highest BCUT2D eigenvalue weighted by Crippen LogP contribution is 2.41. The lowest BCUT2D eigenvalue weighted by Gasteiger charge is -2.24. The van der Waals surface area contributed by atoms with Crippen LogP contribution in [-0.4, -0.2) is 21.7 Å². The zero-order chi connectivity index (χ0) is 18.3. The number of thiophene rings is 1. The number of hydrogen-bond donors (Lipinski definition) is 1. The van der Waals surface area contributed by atoms with Gasteiger partial charge in [-0.05, 0) is 51.6 Å². The van der Waals surface area contributed by atoms with Crippen LogP contribution in [0.25, 0.3) is 0 Å². The molecule has 0 spiro atoms. The zero-order valence-corrected chi connectivity index (χ0v) is 15.6. The van der Waals surface area contributed by atoms with E-state index < -0.39 is 23.5 Å². The summed E-state index contributed by atoms with van der Waals surface area (Å²) >= 11 is 4.72. The van der Waals surface area contributed by atoms with Crippen molar-refractivity contribution in [2.24, 2.45) is 0 Å². The lowest BCUT2D eigenvalue weighted by molar-refractivity contribution is -0.130. The van der Waals surface area contributed by atoms with Crippen molar-refractivity contribution in [2.45, 2.75) is 12.6 Å². The first-order valence-corrected chi connectivity index (χ1v) is 9.33. The fourth-order valence-electron chi connectivity index (χ4n) is 2.93. The molecule has 4 heterocycles. The SMILES string of the molecule is O=C(C1=C(O)C(=O)N(Cc2cccs2)C1c1ccc(Br)o1)c1ccco1. The standard InChI is InChI=1S/C18H12BrNO5S/c19-13-6-5-11(25-13)15-14(16(21)12-4-1-7-24-12)17(22)18(23)20(15)9-10-3-2-8-26-10/h1-8,15,22H,9H2. The van der Waals surface area contributed by atoms with Crippen LogP contribution in [0.3, 0.4) is 0 Å². The summed E-state index contributed by atoms with van der Waals surface area (Å²) in [4.78, 5) is 27.9. The van der Waals surface area contributed by atoms with E-state index >= 15 is 0 Å². The molecule has 1 amide bonds. The molecule has 26 heavy (non-hydrogen) atoms. The minimum Gasteiger partial charge on any atom is -0.503 e. The second-order valence-corrected chi connectivity index (χ2v) is 7.44. The number of rotatable bonds is 5. The van der Waals surface area contributed by atoms with Gasteiger partial charge >= 0.3 is 0 Å². The number of furan rings is 2. The van der Waals surface area contributed by atoms with Crippen molar-refractivity contribution >= 4 is 39.0 Å². The third-order valence-electron chi connectivity index (χ3n) is 4.06. The van der Waals surface area contributed by atoms with Crippen LogP contribution < -0.4 is 0 Å². The van der Waals surface area contributed by atoms with Gasteiger partial charge in [0.25, 0.3) is 5.91 Å². The Morgan fingerprint density at radius 2 is 2.12 bits per heavy atom. The Morgan fingerprint density at radius 1 is 1.27 bits per heavy atom. The first-order chi connectivity index (χ1) is 12.6. The molecule has 1 aliphatic rings. The Kier molecular flexibility index (Phi) is 4.29. The Balaban J connectivity index is 1.79. The number of halogens is 1. The summed E-state index contributed by atoms with van der Waals surface area (Å²) in [5.41, 5.74) is -0.0524. The van der Waals surface area contributed by atoms with Crippen LogP contribution in [0.15, 0.2) is 72.9 Å². The molecule has 1 N–H and O–H groups in total. The predicted octanol–water partition coefficient (Wildman–Crippen LogP) is 4.48. The van der Waals surface area contributed by atoms with Gasteiger partial charge in [-0.3, -0.25) is 9.59 Å². The lowest BCUT2D eigenvalue weighted by atomic mass is 10.00. The average molecular weight is 434 g/mol. The Bertz CT molecular complexity index is 987. The number of carbonyl (C=O) groups is 2. The number of carbonyl (C=O) groups excluding carboxylic acids is 2. The highest BCUT2D eigenvalue weighted by atomic mass is 79.9. The van der Waals surface area contributed by atoms with Gasteiger partial charge in [-0.25, -0.2) is 0 Å². The minimum absolute atomic E-state index is 0.0490. The van der Waals surface area contributed by atoms with E-state index in [1.165, 1.54) is 28.6 Å². The molecule has 1 unspecified atom stereocenters. The van der Waals surface area contributed by atoms with Crippen LogP contribution in [-0.2, 0) is 11.3 Å². The quantitative estimate of drug-likeness (QED) is 0.599. The van der Waals surface area contributed by atoms with Gasteiger partial charge in [0.15, 0.2) is 16.2 Å². The molecule has 0 bridgehead atoms. The van der Waals surface area contributed by atoms with Crippen molar-refractivity contribution in [3.8, 4) is 0 Å². The normalized spacial score (nSPS) is 17.3. The van der Waals surface area contributed by atoms with E-state index in [0.717, 1.165) is 4.88 Å². The van der Waals surface area contributed by atoms with E-state index in [9.17, 15) is 14.7 Å². The monoisotopic (exact) mass is 433 g/mol. The van der Waals surface area contributed by atoms with Crippen LogP contribution in [0.2, 0.25) is 0 Å². The number of aliphatic hydroxyl groups excluding tert-OH is 1. The van der Waals surface area contributed by atoms with Gasteiger partial charge in [0.2, 0.25) is 5.78 Å². The van der Waals surface area contributed by atoms with Gasteiger partial charge in [0.05, 0.1) is 18.4 Å². The average Bonchev–Trinajstić information content (AvgIpc) is 3.40. The number of amides is 1. The van der Waals surface area contributed by atoms with Crippen LogP contribution >= 0.6 is 27.3 Å². The maximum atomic E-state index is 12.9. The van der Waals surface area contributed by atoms with Crippen LogP contribution in [0, 0.1) is 0 Å². The molecule has 8 heteroatoms. The summed E-state index contributed by atoms with van der Waals surface area (Å²) in [7, 11) is 0. The van der Waals surface area contributed by atoms with Gasteiger partial charge in [-0.15, -0.1) is 11.3 Å². The molecule has 1 aliphatic heterocycles. The summed E-state index contributed by atoms with van der Waals surface area (Å²) in [6.07, 6.45) is 1.36. The molecule has 0 radical (unpaired) electrons. The zero-order valence-electron chi connectivity index (χ0n) is 13.2. The van der Waals surface area contributed by atoms with Crippen molar-refractivity contribution in [3.63, 3.8) is 0 Å². The third kappa shape index (κ3) is 2.81. The van der Waals surface area contributed by atoms with Crippen molar-refractivity contribution in [2.75, 3.05) is 0 Å². The molecule has 0 saturated heterocycles. The van der Waals surface area contributed by atoms with Gasteiger partial charge in [-0.2, -0.15) is 0 Å². The highest BCUT2D eigenvalue weighted by molar-refractivity contribution is 9.10. The summed E-state index contributed by atoms with van der Waals surface area (Å²) < 4.78 is 11.2. The van der Waals surface area contributed by atoms with Gasteiger partial charge in [0, 0.05) is 4.88 Å². The molecule has 0 aliphatic carbocycles. The molecule has 132 valence electrons. The first-order valence-electron chi connectivity index (χ1n) is 7.66. The summed E-state index contributed by atoms with van der Waals surface area (Å²) in [6.45, 7) is 0.248. The number of Topliss-reactive ketones (excluding diaryl/α,β-unsaturated/α-hetero) is 1. The Hall–Kier alpha value is -2.58. The van der Waals surface area contributed by atoms with E-state index in [1.54, 1.807) is 18.2 Å². The maximum Gasteiger partial charge on any atom is 0.290 e. The van der Waals surface area contributed by atoms with Gasteiger partial charge < -0.3 is 18.8 Å². The largest absolute Gasteiger partial charge is 0.503 e. The fraction of sp³-hybridized carbons (Fsp3) is 0.111. The second-order valence-electron chi connectivity index (χ2n) is 5.63. The van der Waals surface area contributed by atoms with Crippen LogP contribution in [0.5, 0.6) is 0 Å². The fourth-order valence-corrected chi connectivity index (χ4v) is 3.95. The van der Waals surface area contributed by atoms with E-state index in [-0.39, 0.29) is 17.9 Å². The summed E-state index contributed by atoms with van der Waals surface area (Å²) in [6, 6.07) is 9.32. The van der Waals surface area contributed by atoms with E-state index in [2.05, 4.69) is 15.9 Å². The maximum absolute atomic E-state index is 12.9. The summed E-state index contributed by atoms with van der Waals surface area (Å²) in [5.74, 6) is -1.33. The molecular formula is C18H12BrNO5S. The number of nitrogens with zero attached hydrogens (tertiary/aromatic N) is 1. The molecule has 3 aromatic heterocycles. The number of aliphatic hydroxyl groups is 1. The molecule has 0 aromatic carbocycles. The van der Waals surface area contributed by atoms with E-state index in [4.69, 9.17) is 8.83 Å². The minimum atomic E-state index is -0.839. The van der Waals surface area contributed by atoms with Crippen LogP contribution in [0.4, 0.5) is 0 Å². The predicted molar refractivity (Wildman–Crippen MR) is 96.7 cm³/mol. The number of hydrogen-bond acceptors (Lipinski definition) is 6. The molecular weight excluding hydrogens is 422 g/mol. The molecule has 1 atom stereocenters. The van der Waals surface area contributed by atoms with E-state index in [0.29, 0.717) is 10.4 Å². The topological polar surface area (TPSA) is 83.9 Å². The van der Waals surface area contributed by atoms with E-state index in [1.807, 2.05) is 17.5 Å². The lowest BCUT2D eigenvalue weighted by Crippen LogP contribution is -2.30. The van der Waals surface area contributed by atoms with Crippen molar-refractivity contribution < 1.29 is 23.5 Å². The Morgan fingerprint density at radius 3 is 2.73 bits per heavy atom. The molecule has 0 fully saturated rings. The molecule has 3 aromatic rings. The molecule has 6 nitrogen and oxygen atoms in total. The molecule has 4 rings (SSSR count). The smallest absolute Gasteiger partial charge is 0.290 e. The number of ketones is 1. The van der Waals surface area contributed by atoms with Crippen molar-refractivity contribution in [3.05, 3.63) is 80.4 Å². The summed E-state index contributed by atoms with van der Waals surface area (Å²) in [5, 5.41) is 12.3. The molecule has 0 saturated carbocycles. The van der Waals surface area contributed by atoms with Crippen molar-refractivity contribution in [1.82, 2.24) is 4.90 Å². The van der Waals surface area contributed by atoms with Gasteiger partial charge in [-0.1, -0.05) is 6.07 Å². The van der Waals surface area contributed by atoms with Crippen LogP contribution in [0.1, 0.15) is 27.2 Å². The van der Waals surface area contributed by atoms with Gasteiger partial charge in [0.1, 0.15) is 11.8 Å². The second kappa shape index (κ2) is 6.62. The highest BCUT2D eigenvalue weighted by Gasteiger charge is 2.46. The third-order valence-corrected chi connectivity index (χ3v) is 5.35. The Labute approximate surface area is 160 Å². The van der Waals surface area contributed by atoms with Crippen molar-refractivity contribution in [1.29, 1.82) is 0 Å².